The number of nitrogens with zero attached hydrogens (tertiary/aromatic N) is 2. The lowest BCUT2D eigenvalue weighted by Crippen LogP contribution is -1.98. The average molecular weight is 188 g/mol. The van der Waals surface area contributed by atoms with Crippen molar-refractivity contribution in [3.05, 3.63) is 30.5 Å². The Kier molecular flexibility index (Phi) is 2.44. The highest BCUT2D eigenvalue weighted by Gasteiger charge is 2.03. The van der Waals surface area contributed by atoms with Gasteiger partial charge in [-0.2, -0.15) is 5.10 Å². The van der Waals surface area contributed by atoms with Crippen LogP contribution in [0.3, 0.4) is 0 Å². The van der Waals surface area contributed by atoms with Gasteiger partial charge in [0.25, 0.3) is 0 Å². The monoisotopic (exact) mass is 188 g/mol. The molecule has 0 amide bonds. The Morgan fingerprint density at radius 2 is 2.50 bits per heavy atom. The van der Waals surface area contributed by atoms with Crippen molar-refractivity contribution in [1.29, 1.82) is 0 Å². The first-order valence-electron chi connectivity index (χ1n) is 4.56. The van der Waals surface area contributed by atoms with Gasteiger partial charge >= 0.3 is 0 Å². The van der Waals surface area contributed by atoms with Crippen LogP contribution in [0, 0.1) is 0 Å². The van der Waals surface area contributed by atoms with Crippen LogP contribution in [0.5, 0.6) is 0 Å². The first-order chi connectivity index (χ1) is 6.92. The van der Waals surface area contributed by atoms with Crippen molar-refractivity contribution in [2.45, 2.75) is 6.92 Å². The van der Waals surface area contributed by atoms with E-state index >= 15 is 0 Å². The van der Waals surface area contributed by atoms with E-state index in [1.54, 1.807) is 6.20 Å². The molecule has 14 heavy (non-hydrogen) atoms. The van der Waals surface area contributed by atoms with Crippen LogP contribution in [-0.4, -0.2) is 21.7 Å². The van der Waals surface area contributed by atoms with E-state index in [-0.39, 0.29) is 0 Å². The Bertz CT molecular complexity index is 444. The third-order valence-electron chi connectivity index (χ3n) is 1.94. The fraction of sp³-hybridized carbons (Fsp3) is 0.200. The predicted octanol–water partition coefficient (Wildman–Crippen LogP) is 1.95. The lowest BCUT2D eigenvalue weighted by atomic mass is 10.4. The summed E-state index contributed by atoms with van der Waals surface area (Å²) in [6, 6.07) is 3.84. The molecule has 0 aliphatic rings. The van der Waals surface area contributed by atoms with Gasteiger partial charge in [0.05, 0.1) is 5.52 Å². The Morgan fingerprint density at radius 3 is 3.36 bits per heavy atom. The highest BCUT2D eigenvalue weighted by Crippen LogP contribution is 2.15. The molecule has 0 unspecified atom stereocenters. The number of anilines is 1. The van der Waals surface area contributed by atoms with Gasteiger partial charge in [0.15, 0.2) is 5.82 Å². The maximum atomic E-state index is 4.24. The second kappa shape index (κ2) is 3.91. The molecule has 0 spiro atoms. The highest BCUT2D eigenvalue weighted by molar-refractivity contribution is 5.85. The van der Waals surface area contributed by atoms with E-state index in [9.17, 15) is 0 Å². The van der Waals surface area contributed by atoms with Crippen molar-refractivity contribution in [3.63, 3.8) is 0 Å². The summed E-state index contributed by atoms with van der Waals surface area (Å²) in [6.07, 6.45) is 5.79. The summed E-state index contributed by atoms with van der Waals surface area (Å²) in [5, 5.41) is 10.2. The van der Waals surface area contributed by atoms with Crippen LogP contribution in [0.1, 0.15) is 6.92 Å². The number of aromatic amines is 1. The molecule has 2 rings (SSSR count). The van der Waals surface area contributed by atoms with Gasteiger partial charge in [-0.25, -0.2) is 0 Å². The van der Waals surface area contributed by atoms with E-state index in [0.29, 0.717) is 0 Å². The molecular weight excluding hydrogens is 176 g/mol. The van der Waals surface area contributed by atoms with Crippen molar-refractivity contribution in [2.75, 3.05) is 11.9 Å². The number of H-pyrrole nitrogens is 1. The van der Waals surface area contributed by atoms with Crippen molar-refractivity contribution in [3.8, 4) is 0 Å². The molecule has 0 radical (unpaired) electrons. The molecule has 2 heterocycles. The normalized spacial score (nSPS) is 11.2. The molecule has 0 saturated carbocycles. The molecule has 72 valence electrons. The maximum Gasteiger partial charge on any atom is 0.174 e. The van der Waals surface area contributed by atoms with E-state index in [1.165, 1.54) is 0 Å². The molecule has 0 aliphatic heterocycles. The smallest absolute Gasteiger partial charge is 0.174 e. The lowest BCUT2D eigenvalue weighted by molar-refractivity contribution is 1.10. The van der Waals surface area contributed by atoms with Crippen LogP contribution in [0.2, 0.25) is 0 Å². The zero-order chi connectivity index (χ0) is 9.80. The third kappa shape index (κ3) is 1.59. The number of rotatable bonds is 3. The fourth-order valence-electron chi connectivity index (χ4n) is 1.25. The molecule has 2 aromatic rings. The van der Waals surface area contributed by atoms with Gasteiger partial charge in [-0.3, -0.25) is 10.1 Å². The van der Waals surface area contributed by atoms with Crippen LogP contribution >= 0.6 is 0 Å². The van der Waals surface area contributed by atoms with Crippen molar-refractivity contribution in [2.24, 2.45) is 0 Å². The van der Waals surface area contributed by atoms with Gasteiger partial charge in [0, 0.05) is 12.7 Å². The zero-order valence-corrected chi connectivity index (χ0v) is 7.99. The number of aromatic nitrogens is 3. The van der Waals surface area contributed by atoms with Gasteiger partial charge in [0.2, 0.25) is 0 Å². The average Bonchev–Trinajstić information content (AvgIpc) is 2.63. The molecule has 4 heteroatoms. The van der Waals surface area contributed by atoms with Gasteiger partial charge in [0.1, 0.15) is 5.52 Å². The number of hydrogen-bond acceptors (Lipinski definition) is 3. The SMILES string of the molecule is CC=CCNc1n[nH]c2cccnc12. The van der Waals surface area contributed by atoms with Crippen molar-refractivity contribution in [1.82, 2.24) is 15.2 Å². The lowest BCUT2D eigenvalue weighted by Gasteiger charge is -1.96. The van der Waals surface area contributed by atoms with E-state index in [1.807, 2.05) is 31.2 Å². The highest BCUT2D eigenvalue weighted by atomic mass is 15.2. The fourth-order valence-corrected chi connectivity index (χ4v) is 1.25. The van der Waals surface area contributed by atoms with E-state index in [4.69, 9.17) is 0 Å². The first-order valence-corrected chi connectivity index (χ1v) is 4.56. The molecule has 4 nitrogen and oxygen atoms in total. The minimum absolute atomic E-state index is 0.771. The van der Waals surface area contributed by atoms with Gasteiger partial charge in [-0.05, 0) is 19.1 Å². The summed E-state index contributed by atoms with van der Waals surface area (Å²) in [7, 11) is 0. The summed E-state index contributed by atoms with van der Waals surface area (Å²) in [4.78, 5) is 4.24. The largest absolute Gasteiger partial charge is 0.363 e. The molecule has 0 aromatic carbocycles. The molecule has 2 N–H and O–H groups in total. The summed E-state index contributed by atoms with van der Waals surface area (Å²) < 4.78 is 0. The van der Waals surface area contributed by atoms with Crippen LogP contribution in [0.15, 0.2) is 30.5 Å². The van der Waals surface area contributed by atoms with Crippen molar-refractivity contribution < 1.29 is 0 Å². The predicted molar refractivity (Wildman–Crippen MR) is 57.2 cm³/mol. The molecule has 0 bridgehead atoms. The van der Waals surface area contributed by atoms with E-state index in [0.717, 1.165) is 23.4 Å². The Labute approximate surface area is 82.1 Å². The summed E-state index contributed by atoms with van der Waals surface area (Å²) >= 11 is 0. The molecule has 0 saturated heterocycles. The van der Waals surface area contributed by atoms with E-state index in [2.05, 4.69) is 20.5 Å². The Balaban J connectivity index is 2.25. The van der Waals surface area contributed by atoms with Gasteiger partial charge < -0.3 is 5.32 Å². The summed E-state index contributed by atoms with van der Waals surface area (Å²) in [6.45, 7) is 2.76. The standard InChI is InChI=1S/C10H12N4/c1-2-3-6-12-10-9-8(13-14-10)5-4-7-11-9/h2-5,7H,6H2,1H3,(H2,12,13,14). The molecular formula is C10H12N4. The Hall–Kier alpha value is -1.84. The second-order valence-corrected chi connectivity index (χ2v) is 2.92. The first kappa shape index (κ1) is 8.74. The molecule has 2 aromatic heterocycles. The second-order valence-electron chi connectivity index (χ2n) is 2.92. The third-order valence-corrected chi connectivity index (χ3v) is 1.94. The minimum atomic E-state index is 0.771. The maximum absolute atomic E-state index is 4.24. The topological polar surface area (TPSA) is 53.6 Å². The number of allylic oxidation sites excluding steroid dienone is 1. The number of pyridine rings is 1. The van der Waals surface area contributed by atoms with Crippen molar-refractivity contribution >= 4 is 16.9 Å². The molecule has 0 fully saturated rings. The van der Waals surface area contributed by atoms with Gasteiger partial charge in [-0.15, -0.1) is 0 Å². The quantitative estimate of drug-likeness (QED) is 0.724. The van der Waals surface area contributed by atoms with Crippen LogP contribution in [0.4, 0.5) is 5.82 Å². The summed E-state index contributed by atoms with van der Waals surface area (Å²) in [5.41, 5.74) is 1.84. The number of fused-ring (bicyclic) bond motifs is 1. The minimum Gasteiger partial charge on any atom is -0.363 e. The molecule has 0 atom stereocenters. The number of hydrogen-bond donors (Lipinski definition) is 2. The van der Waals surface area contributed by atoms with Crippen LogP contribution in [-0.2, 0) is 0 Å². The van der Waals surface area contributed by atoms with Crippen LogP contribution in [0.25, 0.3) is 11.0 Å². The zero-order valence-electron chi connectivity index (χ0n) is 7.99. The summed E-state index contributed by atoms with van der Waals surface area (Å²) in [5.74, 6) is 0.804. The molecule has 0 aliphatic carbocycles. The Morgan fingerprint density at radius 1 is 1.57 bits per heavy atom. The van der Waals surface area contributed by atoms with Gasteiger partial charge in [-0.1, -0.05) is 12.2 Å². The van der Waals surface area contributed by atoms with E-state index < -0.39 is 0 Å². The number of nitrogens with one attached hydrogen (secondary N) is 2. The van der Waals surface area contributed by atoms with Crippen LogP contribution < -0.4 is 5.32 Å².